The molecule has 0 aliphatic rings. The largest absolute Gasteiger partial charge is 0.497 e. The molecule has 3 rings (SSSR count). The molecule has 1 atom stereocenters. The maximum atomic E-state index is 12.9. The first-order chi connectivity index (χ1) is 13.5. The Kier molecular flexibility index (Phi) is 6.65. The quantitative estimate of drug-likeness (QED) is 0.566. The van der Waals surface area contributed by atoms with E-state index in [0.717, 1.165) is 16.9 Å². The molecule has 6 nitrogen and oxygen atoms in total. The number of nitrogens with one attached hydrogen (secondary N) is 2. The van der Waals surface area contributed by atoms with Gasteiger partial charge < -0.3 is 10.1 Å². The molecule has 0 bridgehead atoms. The standard InChI is InChI=1S/C20H21FN4O2S/c1-13(19(26)22-12-11-14-3-7-16(21)8-4-14)28-20-23-18(24-25-20)15-5-9-17(27-2)10-6-15/h3-10,13H,11-12H2,1-2H3,(H,22,26)(H,23,24,25)/t13-/m1/s1. The topological polar surface area (TPSA) is 79.9 Å². The lowest BCUT2D eigenvalue weighted by molar-refractivity contribution is -0.120. The fraction of sp³-hybridized carbons (Fsp3) is 0.250. The highest BCUT2D eigenvalue weighted by Crippen LogP contribution is 2.24. The van der Waals surface area contributed by atoms with Crippen molar-refractivity contribution in [1.29, 1.82) is 0 Å². The van der Waals surface area contributed by atoms with Gasteiger partial charge in [0.15, 0.2) is 5.82 Å². The summed E-state index contributed by atoms with van der Waals surface area (Å²) < 4.78 is 18.0. The van der Waals surface area contributed by atoms with Crippen molar-refractivity contribution in [2.45, 2.75) is 23.8 Å². The van der Waals surface area contributed by atoms with Crippen LogP contribution in [0.25, 0.3) is 11.4 Å². The van der Waals surface area contributed by atoms with Crippen molar-refractivity contribution in [3.8, 4) is 17.1 Å². The van der Waals surface area contributed by atoms with Gasteiger partial charge >= 0.3 is 0 Å². The zero-order valence-electron chi connectivity index (χ0n) is 15.6. The molecule has 0 radical (unpaired) electrons. The van der Waals surface area contributed by atoms with E-state index in [1.165, 1.54) is 23.9 Å². The number of benzene rings is 2. The number of carbonyl (C=O) groups is 1. The zero-order valence-corrected chi connectivity index (χ0v) is 16.4. The summed E-state index contributed by atoms with van der Waals surface area (Å²) in [6, 6.07) is 13.7. The van der Waals surface area contributed by atoms with Gasteiger partial charge in [0.1, 0.15) is 11.6 Å². The summed E-state index contributed by atoms with van der Waals surface area (Å²) >= 11 is 1.28. The Morgan fingerprint density at radius 1 is 1.21 bits per heavy atom. The molecule has 3 aromatic rings. The van der Waals surface area contributed by atoms with Crippen LogP contribution in [0, 0.1) is 5.82 Å². The zero-order chi connectivity index (χ0) is 19.9. The number of H-pyrrole nitrogens is 1. The minimum absolute atomic E-state index is 0.0945. The number of nitrogens with zero attached hydrogens (tertiary/aromatic N) is 2. The minimum Gasteiger partial charge on any atom is -0.497 e. The van der Waals surface area contributed by atoms with E-state index in [4.69, 9.17) is 4.74 Å². The van der Waals surface area contributed by atoms with Crippen LogP contribution >= 0.6 is 11.8 Å². The molecule has 2 aromatic carbocycles. The van der Waals surface area contributed by atoms with Crippen molar-refractivity contribution in [3.05, 3.63) is 59.9 Å². The van der Waals surface area contributed by atoms with Crippen molar-refractivity contribution < 1.29 is 13.9 Å². The SMILES string of the molecule is COc1ccc(-c2nc(S[C@H](C)C(=O)NCCc3ccc(F)cc3)n[nH]2)cc1. The molecular formula is C20H21FN4O2S. The third kappa shape index (κ3) is 5.32. The van der Waals surface area contributed by atoms with Crippen LogP contribution in [0.4, 0.5) is 4.39 Å². The smallest absolute Gasteiger partial charge is 0.233 e. The van der Waals surface area contributed by atoms with E-state index in [9.17, 15) is 9.18 Å². The van der Waals surface area contributed by atoms with Gasteiger partial charge in [-0.2, -0.15) is 0 Å². The summed E-state index contributed by atoms with van der Waals surface area (Å²) in [5.41, 5.74) is 1.86. The van der Waals surface area contributed by atoms with Gasteiger partial charge in [-0.25, -0.2) is 9.37 Å². The van der Waals surface area contributed by atoms with Crippen LogP contribution in [0.2, 0.25) is 0 Å². The second-order valence-electron chi connectivity index (χ2n) is 6.12. The summed E-state index contributed by atoms with van der Waals surface area (Å²) in [6.45, 7) is 2.29. The lowest BCUT2D eigenvalue weighted by Gasteiger charge is -2.10. The number of halogens is 1. The third-order valence-electron chi connectivity index (χ3n) is 4.11. The van der Waals surface area contributed by atoms with Crippen LogP contribution in [0.3, 0.4) is 0 Å². The van der Waals surface area contributed by atoms with Gasteiger partial charge in [-0.15, -0.1) is 5.10 Å². The normalized spacial score (nSPS) is 11.8. The van der Waals surface area contributed by atoms with E-state index in [0.29, 0.717) is 23.9 Å². The lowest BCUT2D eigenvalue weighted by Crippen LogP contribution is -2.32. The molecule has 1 heterocycles. The first-order valence-electron chi connectivity index (χ1n) is 8.81. The van der Waals surface area contributed by atoms with Gasteiger partial charge in [-0.05, 0) is 55.3 Å². The Bertz CT molecular complexity index is 913. The Morgan fingerprint density at radius 3 is 2.61 bits per heavy atom. The van der Waals surface area contributed by atoms with Crippen LogP contribution in [0.1, 0.15) is 12.5 Å². The van der Waals surface area contributed by atoms with Crippen LogP contribution in [0.15, 0.2) is 53.7 Å². The lowest BCUT2D eigenvalue weighted by atomic mass is 10.1. The maximum Gasteiger partial charge on any atom is 0.233 e. The molecule has 0 unspecified atom stereocenters. The molecule has 0 aliphatic heterocycles. The highest BCUT2D eigenvalue weighted by molar-refractivity contribution is 8.00. The first kappa shape index (κ1) is 19.9. The third-order valence-corrected chi connectivity index (χ3v) is 5.07. The van der Waals surface area contributed by atoms with E-state index in [-0.39, 0.29) is 17.0 Å². The molecule has 1 aromatic heterocycles. The second kappa shape index (κ2) is 9.36. The fourth-order valence-electron chi connectivity index (χ4n) is 2.51. The van der Waals surface area contributed by atoms with Crippen LogP contribution in [-0.4, -0.2) is 40.0 Å². The molecule has 146 valence electrons. The minimum atomic E-state index is -0.340. The number of aromatic nitrogens is 3. The van der Waals surface area contributed by atoms with E-state index in [1.54, 1.807) is 26.2 Å². The van der Waals surface area contributed by atoms with E-state index < -0.39 is 0 Å². The molecule has 0 spiro atoms. The number of ether oxygens (including phenoxy) is 1. The Hall–Kier alpha value is -2.87. The highest BCUT2D eigenvalue weighted by Gasteiger charge is 2.17. The molecular weight excluding hydrogens is 379 g/mol. The average Bonchev–Trinajstić information content (AvgIpc) is 3.18. The molecule has 0 saturated heterocycles. The summed E-state index contributed by atoms with van der Waals surface area (Å²) in [5.74, 6) is 1.04. The average molecular weight is 400 g/mol. The van der Waals surface area contributed by atoms with Crippen molar-refractivity contribution in [2.75, 3.05) is 13.7 Å². The van der Waals surface area contributed by atoms with E-state index in [2.05, 4.69) is 20.5 Å². The Morgan fingerprint density at radius 2 is 1.93 bits per heavy atom. The molecule has 0 fully saturated rings. The van der Waals surface area contributed by atoms with Gasteiger partial charge in [-0.3, -0.25) is 9.89 Å². The van der Waals surface area contributed by atoms with Gasteiger partial charge in [0, 0.05) is 12.1 Å². The number of thioether (sulfide) groups is 1. The molecule has 2 N–H and O–H groups in total. The fourth-order valence-corrected chi connectivity index (χ4v) is 3.26. The summed E-state index contributed by atoms with van der Waals surface area (Å²) in [7, 11) is 1.62. The highest BCUT2D eigenvalue weighted by atomic mass is 32.2. The van der Waals surface area contributed by atoms with Gasteiger partial charge in [0.05, 0.1) is 12.4 Å². The van der Waals surface area contributed by atoms with Crippen LogP contribution < -0.4 is 10.1 Å². The van der Waals surface area contributed by atoms with Gasteiger partial charge in [0.25, 0.3) is 0 Å². The predicted molar refractivity (Wildman–Crippen MR) is 107 cm³/mol. The molecule has 8 heteroatoms. The van der Waals surface area contributed by atoms with Gasteiger partial charge in [-0.1, -0.05) is 23.9 Å². The predicted octanol–water partition coefficient (Wildman–Crippen LogP) is 3.46. The number of rotatable bonds is 8. The molecule has 0 aliphatic carbocycles. The van der Waals surface area contributed by atoms with E-state index >= 15 is 0 Å². The molecule has 1 amide bonds. The van der Waals surface area contributed by atoms with E-state index in [1.807, 2.05) is 24.3 Å². The maximum absolute atomic E-state index is 12.9. The number of carbonyl (C=O) groups excluding carboxylic acids is 1. The van der Waals surface area contributed by atoms with Gasteiger partial charge in [0.2, 0.25) is 11.1 Å². The molecule has 28 heavy (non-hydrogen) atoms. The number of hydrogen-bond acceptors (Lipinski definition) is 5. The monoisotopic (exact) mass is 400 g/mol. The Labute approximate surface area is 166 Å². The van der Waals surface area contributed by atoms with Crippen molar-refractivity contribution in [2.24, 2.45) is 0 Å². The Balaban J connectivity index is 1.49. The first-order valence-corrected chi connectivity index (χ1v) is 9.69. The van der Waals surface area contributed by atoms with Crippen LogP contribution in [0.5, 0.6) is 5.75 Å². The van der Waals surface area contributed by atoms with Crippen molar-refractivity contribution >= 4 is 17.7 Å². The van der Waals surface area contributed by atoms with Crippen LogP contribution in [-0.2, 0) is 11.2 Å². The second-order valence-corrected chi connectivity index (χ2v) is 7.43. The number of aromatic amines is 1. The summed E-state index contributed by atoms with van der Waals surface area (Å²) in [4.78, 5) is 16.7. The number of methoxy groups -OCH3 is 1. The summed E-state index contributed by atoms with van der Waals surface area (Å²) in [6.07, 6.45) is 0.645. The van der Waals surface area contributed by atoms with Crippen molar-refractivity contribution in [3.63, 3.8) is 0 Å². The summed E-state index contributed by atoms with van der Waals surface area (Å²) in [5, 5.41) is 10.1. The number of hydrogen-bond donors (Lipinski definition) is 2. The van der Waals surface area contributed by atoms with Crippen molar-refractivity contribution in [1.82, 2.24) is 20.5 Å². The number of amides is 1. The molecule has 0 saturated carbocycles.